The molecule has 0 bridgehead atoms. The van der Waals surface area contributed by atoms with Crippen molar-refractivity contribution in [3.8, 4) is 5.69 Å². The lowest BCUT2D eigenvalue weighted by atomic mass is 10.3. The minimum absolute atomic E-state index is 0.000936. The summed E-state index contributed by atoms with van der Waals surface area (Å²) in [5.41, 5.74) is 0.631. The predicted molar refractivity (Wildman–Crippen MR) is 71.2 cm³/mol. The predicted octanol–water partition coefficient (Wildman–Crippen LogP) is 3.03. The number of nitrogens with zero attached hydrogens (tertiary/aromatic N) is 2. The van der Waals surface area contributed by atoms with Gasteiger partial charge in [-0.3, -0.25) is 4.79 Å². The molecule has 0 unspecified atom stereocenters. The molecule has 1 aromatic carbocycles. The van der Waals surface area contributed by atoms with Crippen molar-refractivity contribution < 1.29 is 23.1 Å². The third kappa shape index (κ3) is 3.38. The van der Waals surface area contributed by atoms with Gasteiger partial charge in [0.05, 0.1) is 17.1 Å². The molecule has 21 heavy (non-hydrogen) atoms. The number of hydrogen-bond donors (Lipinski definition) is 1. The van der Waals surface area contributed by atoms with Crippen LogP contribution in [0.2, 0.25) is 0 Å². The third-order valence-corrected chi connectivity index (χ3v) is 3.62. The van der Waals surface area contributed by atoms with Gasteiger partial charge in [0, 0.05) is 12.1 Å². The molecule has 1 heterocycles. The Morgan fingerprint density at radius 1 is 1.29 bits per heavy atom. The van der Waals surface area contributed by atoms with E-state index in [0.29, 0.717) is 17.1 Å². The number of aryl methyl sites for hydroxylation is 1. The van der Waals surface area contributed by atoms with Crippen molar-refractivity contribution in [1.82, 2.24) is 9.78 Å². The van der Waals surface area contributed by atoms with Crippen LogP contribution < -0.4 is 0 Å². The van der Waals surface area contributed by atoms with E-state index in [-0.39, 0.29) is 11.4 Å². The topological polar surface area (TPSA) is 55.1 Å². The smallest absolute Gasteiger partial charge is 0.313 e. The van der Waals surface area contributed by atoms with Gasteiger partial charge in [0.15, 0.2) is 17.5 Å². The van der Waals surface area contributed by atoms with E-state index in [4.69, 9.17) is 5.11 Å². The first-order valence-corrected chi connectivity index (χ1v) is 6.99. The summed E-state index contributed by atoms with van der Waals surface area (Å²) in [5, 5.41) is 13.3. The molecule has 1 N–H and O–H groups in total. The summed E-state index contributed by atoms with van der Waals surface area (Å²) in [7, 11) is 0. The Balaban J connectivity index is 2.46. The first-order valence-electron chi connectivity index (χ1n) is 6.00. The van der Waals surface area contributed by atoms with Crippen molar-refractivity contribution in [2.75, 3.05) is 5.75 Å². The maximum absolute atomic E-state index is 13.3. The number of thioether (sulfide) groups is 1. The largest absolute Gasteiger partial charge is 0.481 e. The van der Waals surface area contributed by atoms with Gasteiger partial charge >= 0.3 is 5.97 Å². The van der Waals surface area contributed by atoms with Crippen LogP contribution in [0.4, 0.5) is 13.2 Å². The highest BCUT2D eigenvalue weighted by atomic mass is 32.2. The Bertz CT molecular complexity index is 665. The molecular formula is C13H11F3N2O2S. The molecule has 0 fully saturated rings. The monoisotopic (exact) mass is 316 g/mol. The van der Waals surface area contributed by atoms with Gasteiger partial charge in [0.1, 0.15) is 5.03 Å². The zero-order valence-corrected chi connectivity index (χ0v) is 11.8. The van der Waals surface area contributed by atoms with Gasteiger partial charge < -0.3 is 5.11 Å². The average molecular weight is 316 g/mol. The number of benzene rings is 1. The molecule has 2 aromatic rings. The maximum Gasteiger partial charge on any atom is 0.313 e. The molecule has 0 saturated carbocycles. The Labute approximate surface area is 122 Å². The Morgan fingerprint density at radius 2 is 1.90 bits per heavy atom. The van der Waals surface area contributed by atoms with Crippen LogP contribution in [-0.2, 0) is 11.2 Å². The number of carbonyl (C=O) groups is 1. The van der Waals surface area contributed by atoms with Crippen LogP contribution in [0.1, 0.15) is 12.6 Å². The first-order chi connectivity index (χ1) is 9.92. The quantitative estimate of drug-likeness (QED) is 0.680. The molecule has 0 aliphatic rings. The van der Waals surface area contributed by atoms with Gasteiger partial charge in [0.25, 0.3) is 0 Å². The van der Waals surface area contributed by atoms with Crippen LogP contribution in [0, 0.1) is 17.5 Å². The molecule has 8 heteroatoms. The summed E-state index contributed by atoms with van der Waals surface area (Å²) in [5.74, 6) is -5.45. The molecule has 1 aromatic heterocycles. The number of aromatic nitrogens is 2. The highest BCUT2D eigenvalue weighted by Crippen LogP contribution is 2.25. The van der Waals surface area contributed by atoms with E-state index in [9.17, 15) is 18.0 Å². The van der Waals surface area contributed by atoms with Crippen molar-refractivity contribution in [3.05, 3.63) is 41.3 Å². The number of hydrogen-bond acceptors (Lipinski definition) is 3. The molecule has 112 valence electrons. The Morgan fingerprint density at radius 3 is 2.43 bits per heavy atom. The molecule has 0 radical (unpaired) electrons. The highest BCUT2D eigenvalue weighted by molar-refractivity contribution is 7.99. The highest BCUT2D eigenvalue weighted by Gasteiger charge is 2.16. The normalized spacial score (nSPS) is 10.9. The number of halogens is 3. The zero-order valence-electron chi connectivity index (χ0n) is 10.9. The molecule has 0 amide bonds. The van der Waals surface area contributed by atoms with Gasteiger partial charge in [-0.15, -0.1) is 0 Å². The summed E-state index contributed by atoms with van der Waals surface area (Å²) < 4.78 is 40.8. The van der Waals surface area contributed by atoms with Gasteiger partial charge in [-0.2, -0.15) is 5.10 Å². The van der Waals surface area contributed by atoms with E-state index in [1.54, 1.807) is 6.07 Å². The van der Waals surface area contributed by atoms with Gasteiger partial charge in [-0.1, -0.05) is 18.7 Å². The van der Waals surface area contributed by atoms with E-state index in [1.807, 2.05) is 6.92 Å². The fourth-order valence-electron chi connectivity index (χ4n) is 1.67. The van der Waals surface area contributed by atoms with E-state index in [2.05, 4.69) is 5.10 Å². The van der Waals surface area contributed by atoms with E-state index in [1.165, 1.54) is 4.68 Å². The standard InChI is InChI=1S/C13H11F3N2O2S/c1-2-7-3-11(21-6-12(19)20)18(17-7)8-4-9(14)13(16)10(15)5-8/h3-5H,2,6H2,1H3,(H,19,20). The van der Waals surface area contributed by atoms with Crippen LogP contribution in [0.5, 0.6) is 0 Å². The second kappa shape index (κ2) is 6.21. The van der Waals surface area contributed by atoms with Gasteiger partial charge in [-0.05, 0) is 12.5 Å². The summed E-state index contributed by atoms with van der Waals surface area (Å²) in [6.45, 7) is 1.84. The van der Waals surface area contributed by atoms with Crippen molar-refractivity contribution in [2.45, 2.75) is 18.4 Å². The molecule has 0 aliphatic carbocycles. The van der Waals surface area contributed by atoms with Crippen LogP contribution in [-0.4, -0.2) is 26.6 Å². The summed E-state index contributed by atoms with van der Waals surface area (Å²) in [6, 6.07) is 3.26. The van der Waals surface area contributed by atoms with E-state index >= 15 is 0 Å². The van der Waals surface area contributed by atoms with Crippen LogP contribution in [0.25, 0.3) is 5.69 Å². The molecule has 2 rings (SSSR count). The Hall–Kier alpha value is -1.96. The van der Waals surface area contributed by atoms with Gasteiger partial charge in [-0.25, -0.2) is 17.9 Å². The summed E-state index contributed by atoms with van der Waals surface area (Å²) >= 11 is 0.964. The maximum atomic E-state index is 13.3. The summed E-state index contributed by atoms with van der Waals surface area (Å²) in [4.78, 5) is 10.6. The molecular weight excluding hydrogens is 305 g/mol. The summed E-state index contributed by atoms with van der Waals surface area (Å²) in [6.07, 6.45) is 0.569. The molecule has 0 saturated heterocycles. The molecule has 4 nitrogen and oxygen atoms in total. The second-order valence-electron chi connectivity index (χ2n) is 4.15. The second-order valence-corrected chi connectivity index (χ2v) is 5.14. The average Bonchev–Trinajstić information content (AvgIpc) is 2.85. The SMILES string of the molecule is CCc1cc(SCC(=O)O)n(-c2cc(F)c(F)c(F)c2)n1. The number of carboxylic acids is 1. The molecule has 0 spiro atoms. The van der Waals surface area contributed by atoms with E-state index in [0.717, 1.165) is 23.9 Å². The zero-order chi connectivity index (χ0) is 15.6. The lowest BCUT2D eigenvalue weighted by Crippen LogP contribution is -2.04. The van der Waals surface area contributed by atoms with Crippen molar-refractivity contribution >= 4 is 17.7 Å². The lowest BCUT2D eigenvalue weighted by molar-refractivity contribution is -0.133. The number of rotatable bonds is 5. The van der Waals surface area contributed by atoms with Crippen molar-refractivity contribution in [2.24, 2.45) is 0 Å². The fourth-order valence-corrected chi connectivity index (χ4v) is 2.43. The van der Waals surface area contributed by atoms with E-state index < -0.39 is 23.4 Å². The van der Waals surface area contributed by atoms with Crippen LogP contribution in [0.3, 0.4) is 0 Å². The third-order valence-electron chi connectivity index (χ3n) is 2.65. The van der Waals surface area contributed by atoms with Crippen molar-refractivity contribution in [3.63, 3.8) is 0 Å². The fraction of sp³-hybridized carbons (Fsp3) is 0.231. The van der Waals surface area contributed by atoms with Crippen LogP contribution >= 0.6 is 11.8 Å². The molecule has 0 atom stereocenters. The first kappa shape index (κ1) is 15.4. The number of carboxylic acid groups (broad SMARTS) is 1. The van der Waals surface area contributed by atoms with Crippen LogP contribution in [0.15, 0.2) is 23.2 Å². The minimum atomic E-state index is -1.55. The minimum Gasteiger partial charge on any atom is -0.481 e. The molecule has 0 aliphatic heterocycles. The van der Waals surface area contributed by atoms with Crippen molar-refractivity contribution in [1.29, 1.82) is 0 Å². The van der Waals surface area contributed by atoms with Gasteiger partial charge in [0.2, 0.25) is 0 Å². The Kier molecular flexibility index (Phi) is 4.56. The lowest BCUT2D eigenvalue weighted by Gasteiger charge is -2.07. The number of aliphatic carboxylic acids is 1.